The Hall–Kier alpha value is -1.89. The Morgan fingerprint density at radius 2 is 2.07 bits per heavy atom. The van der Waals surface area contributed by atoms with Crippen LogP contribution in [0, 0.1) is 11.8 Å². The molecule has 7 heteroatoms. The normalized spacial score (nSPS) is 27.8. The van der Waals surface area contributed by atoms with Crippen molar-refractivity contribution >= 4 is 17.7 Å². The Morgan fingerprint density at radius 1 is 1.26 bits per heavy atom. The Balaban J connectivity index is 1.46. The molecule has 2 aliphatic heterocycles. The molecule has 3 rings (SSSR count). The summed E-state index contributed by atoms with van der Waals surface area (Å²) in [4.78, 5) is 42.6. The summed E-state index contributed by atoms with van der Waals surface area (Å²) in [6.07, 6.45) is 10.1. The fourth-order valence-electron chi connectivity index (χ4n) is 4.42. The number of Topliss-reactive ketones (excluding diaryl/α,β-unsaturated/α-hetero) is 1. The number of ketones is 1. The highest BCUT2D eigenvalue weighted by molar-refractivity contribution is 5.83. The van der Waals surface area contributed by atoms with E-state index < -0.39 is 0 Å². The molecule has 2 heterocycles. The van der Waals surface area contributed by atoms with Crippen LogP contribution in [0.3, 0.4) is 0 Å². The molecule has 3 atom stereocenters. The van der Waals surface area contributed by atoms with Crippen LogP contribution in [0.4, 0.5) is 0 Å². The maximum absolute atomic E-state index is 12.4. The Bertz CT molecular complexity index is 603. The predicted molar refractivity (Wildman–Crippen MR) is 98.0 cm³/mol. The Morgan fingerprint density at radius 3 is 2.81 bits per heavy atom. The number of rotatable bonds is 9. The van der Waals surface area contributed by atoms with E-state index in [9.17, 15) is 14.4 Å². The summed E-state index contributed by atoms with van der Waals surface area (Å²) in [6, 6.07) is -0.0100. The largest absolute Gasteiger partial charge is 0.469 e. The van der Waals surface area contributed by atoms with Crippen LogP contribution in [0.5, 0.6) is 0 Å². The first kappa shape index (κ1) is 19.9. The summed E-state index contributed by atoms with van der Waals surface area (Å²) >= 11 is 0. The molecule has 1 N–H and O–H groups in total. The summed E-state index contributed by atoms with van der Waals surface area (Å²) in [7, 11) is 1.41. The zero-order valence-electron chi connectivity index (χ0n) is 16.1. The van der Waals surface area contributed by atoms with Crippen molar-refractivity contribution in [3.63, 3.8) is 0 Å². The van der Waals surface area contributed by atoms with Crippen LogP contribution in [0.2, 0.25) is 0 Å². The first-order chi connectivity index (χ1) is 13.1. The smallest absolute Gasteiger partial charge is 0.305 e. The van der Waals surface area contributed by atoms with Crippen molar-refractivity contribution < 1.29 is 24.0 Å². The number of nitrogens with one attached hydrogen (secondary N) is 1. The molecule has 7 nitrogen and oxygen atoms in total. The van der Waals surface area contributed by atoms with E-state index in [4.69, 9.17) is 4.84 Å². The van der Waals surface area contributed by atoms with Gasteiger partial charge in [0.25, 0.3) is 0 Å². The van der Waals surface area contributed by atoms with Gasteiger partial charge in [0, 0.05) is 31.7 Å². The molecule has 0 bridgehead atoms. The topological polar surface area (TPSA) is 84.9 Å². The second kappa shape index (κ2) is 9.35. The van der Waals surface area contributed by atoms with Gasteiger partial charge in [-0.15, -0.1) is 5.48 Å². The number of ether oxygens (including phenoxy) is 1. The van der Waals surface area contributed by atoms with Crippen molar-refractivity contribution in [2.24, 2.45) is 11.8 Å². The van der Waals surface area contributed by atoms with Crippen molar-refractivity contribution in [3.05, 3.63) is 12.0 Å². The monoisotopic (exact) mass is 378 g/mol. The van der Waals surface area contributed by atoms with Crippen molar-refractivity contribution in [1.82, 2.24) is 10.4 Å². The third kappa shape index (κ3) is 4.89. The van der Waals surface area contributed by atoms with Gasteiger partial charge in [-0.1, -0.05) is 19.3 Å². The van der Waals surface area contributed by atoms with Crippen LogP contribution in [0.15, 0.2) is 12.0 Å². The standard InChI is InChI=1S/C20H30N2O5/c1-26-20(25)9-5-3-2-4-7-15-14(10-11-17(15)23)16-13-19(27-21-16)22-12-6-8-18(22)24/h13-16,21H,2-12H2,1H3. The van der Waals surface area contributed by atoms with Crippen LogP contribution in [-0.2, 0) is 24.0 Å². The predicted octanol–water partition coefficient (Wildman–Crippen LogP) is 2.46. The molecule has 3 aliphatic rings. The highest BCUT2D eigenvalue weighted by atomic mass is 16.7. The highest BCUT2D eigenvalue weighted by Gasteiger charge is 2.41. The minimum absolute atomic E-state index is 0.0100. The molecule has 0 spiro atoms. The molecule has 0 aromatic carbocycles. The summed E-state index contributed by atoms with van der Waals surface area (Å²) in [5.41, 5.74) is 3.04. The van der Waals surface area contributed by atoms with E-state index in [1.54, 1.807) is 4.90 Å². The lowest BCUT2D eigenvalue weighted by Gasteiger charge is -2.22. The molecule has 150 valence electrons. The third-order valence-electron chi connectivity index (χ3n) is 5.95. The van der Waals surface area contributed by atoms with Crippen LogP contribution < -0.4 is 5.48 Å². The molecule has 0 radical (unpaired) electrons. The van der Waals surface area contributed by atoms with Gasteiger partial charge in [-0.3, -0.25) is 19.3 Å². The minimum atomic E-state index is -0.160. The van der Waals surface area contributed by atoms with Gasteiger partial charge >= 0.3 is 5.97 Å². The van der Waals surface area contributed by atoms with E-state index in [0.29, 0.717) is 37.5 Å². The van der Waals surface area contributed by atoms with Gasteiger partial charge in [0.05, 0.1) is 13.2 Å². The molecular formula is C20H30N2O5. The Kier molecular flexibility index (Phi) is 6.88. The summed E-state index contributed by atoms with van der Waals surface area (Å²) < 4.78 is 4.64. The fraction of sp³-hybridized carbons (Fsp3) is 0.750. The van der Waals surface area contributed by atoms with Crippen molar-refractivity contribution in [2.75, 3.05) is 13.7 Å². The summed E-state index contributed by atoms with van der Waals surface area (Å²) in [5, 5.41) is 0. The van der Waals surface area contributed by atoms with Crippen molar-refractivity contribution in [1.29, 1.82) is 0 Å². The van der Waals surface area contributed by atoms with Gasteiger partial charge in [0.15, 0.2) is 0 Å². The average Bonchev–Trinajstić information content (AvgIpc) is 3.38. The van der Waals surface area contributed by atoms with Gasteiger partial charge in [-0.05, 0) is 37.7 Å². The zero-order chi connectivity index (χ0) is 19.2. The number of hydroxylamine groups is 1. The number of likely N-dealkylation sites (tertiary alicyclic amines) is 1. The number of nitrogens with zero attached hydrogens (tertiary/aromatic N) is 1. The maximum Gasteiger partial charge on any atom is 0.305 e. The molecule has 3 unspecified atom stereocenters. The maximum atomic E-state index is 12.4. The number of carbonyl (C=O) groups is 3. The zero-order valence-corrected chi connectivity index (χ0v) is 16.1. The van der Waals surface area contributed by atoms with Gasteiger partial charge in [0.1, 0.15) is 5.78 Å². The van der Waals surface area contributed by atoms with Crippen LogP contribution >= 0.6 is 0 Å². The minimum Gasteiger partial charge on any atom is -0.469 e. The third-order valence-corrected chi connectivity index (χ3v) is 5.95. The second-order valence-electron chi connectivity index (χ2n) is 7.70. The number of carbonyl (C=O) groups excluding carboxylic acids is 3. The van der Waals surface area contributed by atoms with Crippen LogP contribution in [0.25, 0.3) is 0 Å². The lowest BCUT2D eigenvalue weighted by molar-refractivity contribution is -0.140. The number of hydrogen-bond donors (Lipinski definition) is 1. The van der Waals surface area contributed by atoms with E-state index in [-0.39, 0.29) is 29.8 Å². The number of amides is 1. The second-order valence-corrected chi connectivity index (χ2v) is 7.70. The molecule has 0 aromatic heterocycles. The first-order valence-electron chi connectivity index (χ1n) is 10.1. The summed E-state index contributed by atoms with van der Waals surface area (Å²) in [6.45, 7) is 0.706. The quantitative estimate of drug-likeness (QED) is 0.490. The molecule has 0 aromatic rings. The number of esters is 1. The highest BCUT2D eigenvalue weighted by Crippen LogP contribution is 2.37. The molecular weight excluding hydrogens is 348 g/mol. The van der Waals surface area contributed by atoms with Gasteiger partial charge in [-0.25, -0.2) is 0 Å². The molecule has 2 fully saturated rings. The van der Waals surface area contributed by atoms with E-state index in [0.717, 1.165) is 44.9 Å². The lowest BCUT2D eigenvalue weighted by atomic mass is 9.85. The Labute approximate surface area is 160 Å². The molecule has 1 amide bonds. The van der Waals surface area contributed by atoms with E-state index >= 15 is 0 Å². The SMILES string of the molecule is COC(=O)CCCCCCC1C(=O)CCC1C1C=C(N2CCCC2=O)ON1. The lowest BCUT2D eigenvalue weighted by Crippen LogP contribution is -2.33. The van der Waals surface area contributed by atoms with Crippen molar-refractivity contribution in [2.45, 2.75) is 70.3 Å². The first-order valence-corrected chi connectivity index (χ1v) is 10.1. The van der Waals surface area contributed by atoms with E-state index in [1.807, 2.05) is 6.08 Å². The summed E-state index contributed by atoms with van der Waals surface area (Å²) in [5.74, 6) is 1.17. The van der Waals surface area contributed by atoms with Crippen LogP contribution in [-0.4, -0.2) is 42.3 Å². The van der Waals surface area contributed by atoms with Gasteiger partial charge in [-0.2, -0.15) is 0 Å². The number of methoxy groups -OCH3 is 1. The van der Waals surface area contributed by atoms with Gasteiger partial charge < -0.3 is 9.57 Å². The van der Waals surface area contributed by atoms with E-state index in [1.165, 1.54) is 7.11 Å². The van der Waals surface area contributed by atoms with Gasteiger partial charge in [0.2, 0.25) is 11.8 Å². The molecule has 1 saturated heterocycles. The molecule has 1 aliphatic carbocycles. The number of hydrogen-bond acceptors (Lipinski definition) is 6. The number of unbranched alkanes of at least 4 members (excludes halogenated alkanes) is 3. The molecule has 27 heavy (non-hydrogen) atoms. The average molecular weight is 378 g/mol. The molecule has 1 saturated carbocycles. The van der Waals surface area contributed by atoms with Crippen LogP contribution in [0.1, 0.15) is 64.2 Å². The van der Waals surface area contributed by atoms with E-state index in [2.05, 4.69) is 10.2 Å². The fourth-order valence-corrected chi connectivity index (χ4v) is 4.42. The van der Waals surface area contributed by atoms with Crippen molar-refractivity contribution in [3.8, 4) is 0 Å².